The van der Waals surface area contributed by atoms with Crippen molar-refractivity contribution in [2.45, 2.75) is 6.42 Å². The molecule has 0 bridgehead atoms. The van der Waals surface area contributed by atoms with Gasteiger partial charge in [0.1, 0.15) is 12.0 Å². The molecule has 0 radical (unpaired) electrons. The first-order valence-corrected chi connectivity index (χ1v) is 4.69. The number of amides is 1. The molecule has 0 spiro atoms. The number of benzene rings is 1. The van der Waals surface area contributed by atoms with Gasteiger partial charge < -0.3 is 14.4 Å². The SMILES string of the molecule is CN1C(=O)COc2c(CC=O)cccc21. The molecule has 4 nitrogen and oxygen atoms in total. The molecule has 1 aromatic rings. The highest BCUT2D eigenvalue weighted by molar-refractivity contribution is 5.97. The van der Waals surface area contributed by atoms with Crippen LogP contribution in [0.3, 0.4) is 0 Å². The zero-order chi connectivity index (χ0) is 10.8. The number of likely N-dealkylation sites (N-methyl/N-ethyl adjacent to an activating group) is 1. The van der Waals surface area contributed by atoms with E-state index in [0.29, 0.717) is 12.2 Å². The Balaban J connectivity index is 2.48. The van der Waals surface area contributed by atoms with E-state index in [0.717, 1.165) is 17.5 Å². The third kappa shape index (κ3) is 1.58. The number of carbonyl (C=O) groups is 2. The van der Waals surface area contributed by atoms with Gasteiger partial charge in [0.2, 0.25) is 0 Å². The predicted molar refractivity (Wildman–Crippen MR) is 55.1 cm³/mol. The number of aldehydes is 1. The Hall–Kier alpha value is -1.84. The lowest BCUT2D eigenvalue weighted by molar-refractivity contribution is -0.121. The number of fused-ring (bicyclic) bond motifs is 1. The van der Waals surface area contributed by atoms with Crippen molar-refractivity contribution < 1.29 is 14.3 Å². The number of carbonyl (C=O) groups excluding carboxylic acids is 2. The van der Waals surface area contributed by atoms with Crippen molar-refractivity contribution in [1.82, 2.24) is 0 Å². The van der Waals surface area contributed by atoms with Gasteiger partial charge in [-0.1, -0.05) is 12.1 Å². The molecule has 0 atom stereocenters. The average Bonchev–Trinajstić information content (AvgIpc) is 2.25. The van der Waals surface area contributed by atoms with Gasteiger partial charge in [0.05, 0.1) is 5.69 Å². The number of ether oxygens (including phenoxy) is 1. The second-order valence-electron chi connectivity index (χ2n) is 3.38. The molecule has 78 valence electrons. The number of nitrogens with zero attached hydrogens (tertiary/aromatic N) is 1. The number of hydrogen-bond donors (Lipinski definition) is 0. The molecule has 1 aromatic carbocycles. The first kappa shape index (κ1) is 9.71. The summed E-state index contributed by atoms with van der Waals surface area (Å²) in [5.41, 5.74) is 1.55. The Morgan fingerprint density at radius 1 is 1.53 bits per heavy atom. The molecular weight excluding hydrogens is 194 g/mol. The van der Waals surface area contributed by atoms with E-state index in [1.54, 1.807) is 18.0 Å². The number of anilines is 1. The molecular formula is C11H11NO3. The summed E-state index contributed by atoms with van der Waals surface area (Å²) in [6.07, 6.45) is 1.14. The molecule has 0 aromatic heterocycles. The average molecular weight is 205 g/mol. The van der Waals surface area contributed by atoms with E-state index in [1.807, 2.05) is 12.1 Å². The largest absolute Gasteiger partial charge is 0.481 e. The van der Waals surface area contributed by atoms with Gasteiger partial charge in [-0.2, -0.15) is 0 Å². The molecule has 0 saturated carbocycles. The Kier molecular flexibility index (Phi) is 2.41. The highest BCUT2D eigenvalue weighted by Gasteiger charge is 2.23. The Morgan fingerprint density at radius 3 is 3.07 bits per heavy atom. The van der Waals surface area contributed by atoms with Crippen molar-refractivity contribution in [2.75, 3.05) is 18.6 Å². The minimum Gasteiger partial charge on any atom is -0.481 e. The van der Waals surface area contributed by atoms with Crippen LogP contribution >= 0.6 is 0 Å². The lowest BCUT2D eigenvalue weighted by Gasteiger charge is -2.27. The van der Waals surface area contributed by atoms with Gasteiger partial charge in [0, 0.05) is 19.0 Å². The van der Waals surface area contributed by atoms with Crippen molar-refractivity contribution in [3.63, 3.8) is 0 Å². The van der Waals surface area contributed by atoms with Crippen LogP contribution in [0.5, 0.6) is 5.75 Å². The maximum absolute atomic E-state index is 11.4. The zero-order valence-corrected chi connectivity index (χ0v) is 8.40. The second kappa shape index (κ2) is 3.73. The van der Waals surface area contributed by atoms with Crippen LogP contribution in [0.15, 0.2) is 18.2 Å². The summed E-state index contributed by atoms with van der Waals surface area (Å²) in [4.78, 5) is 23.4. The molecule has 0 saturated heterocycles. The number of rotatable bonds is 2. The normalized spacial score (nSPS) is 14.5. The summed E-state index contributed by atoms with van der Waals surface area (Å²) in [7, 11) is 1.70. The Morgan fingerprint density at radius 2 is 2.33 bits per heavy atom. The van der Waals surface area contributed by atoms with Crippen molar-refractivity contribution >= 4 is 17.9 Å². The van der Waals surface area contributed by atoms with Gasteiger partial charge >= 0.3 is 0 Å². The standard InChI is InChI=1S/C11H11NO3/c1-12-9-4-2-3-8(5-6-13)11(9)15-7-10(12)14/h2-4,6H,5,7H2,1H3. The summed E-state index contributed by atoms with van der Waals surface area (Å²) in [5.74, 6) is 0.567. The highest BCUT2D eigenvalue weighted by Crippen LogP contribution is 2.34. The number of para-hydroxylation sites is 1. The zero-order valence-electron chi connectivity index (χ0n) is 8.40. The van der Waals surface area contributed by atoms with Gasteiger partial charge in [-0.05, 0) is 6.07 Å². The van der Waals surface area contributed by atoms with E-state index in [-0.39, 0.29) is 12.5 Å². The molecule has 2 rings (SSSR count). The van der Waals surface area contributed by atoms with E-state index in [4.69, 9.17) is 4.74 Å². The molecule has 1 aliphatic heterocycles. The third-order valence-corrected chi connectivity index (χ3v) is 2.45. The van der Waals surface area contributed by atoms with Crippen LogP contribution in [0.25, 0.3) is 0 Å². The minimum absolute atomic E-state index is 0.0410. The van der Waals surface area contributed by atoms with E-state index < -0.39 is 0 Å². The molecule has 1 heterocycles. The number of hydrogen-bond acceptors (Lipinski definition) is 3. The molecule has 0 unspecified atom stereocenters. The second-order valence-corrected chi connectivity index (χ2v) is 3.38. The molecule has 0 aliphatic carbocycles. The molecule has 0 fully saturated rings. The van der Waals surface area contributed by atoms with Crippen LogP contribution in [0, 0.1) is 0 Å². The van der Waals surface area contributed by atoms with Crippen LogP contribution in [0.4, 0.5) is 5.69 Å². The van der Waals surface area contributed by atoms with Crippen LogP contribution in [-0.2, 0) is 16.0 Å². The summed E-state index contributed by atoms with van der Waals surface area (Å²) in [6.45, 7) is 0.0410. The Bertz CT molecular complexity index is 414. The monoisotopic (exact) mass is 205 g/mol. The maximum atomic E-state index is 11.4. The van der Waals surface area contributed by atoms with E-state index in [9.17, 15) is 9.59 Å². The smallest absolute Gasteiger partial charge is 0.264 e. The molecule has 1 amide bonds. The lowest BCUT2D eigenvalue weighted by Crippen LogP contribution is -2.35. The fraction of sp³-hybridized carbons (Fsp3) is 0.273. The highest BCUT2D eigenvalue weighted by atomic mass is 16.5. The van der Waals surface area contributed by atoms with Gasteiger partial charge in [-0.25, -0.2) is 0 Å². The fourth-order valence-corrected chi connectivity index (χ4v) is 1.62. The summed E-state index contributed by atoms with van der Waals surface area (Å²) < 4.78 is 5.34. The third-order valence-electron chi connectivity index (χ3n) is 2.45. The topological polar surface area (TPSA) is 46.6 Å². The summed E-state index contributed by atoms with van der Waals surface area (Å²) in [5, 5.41) is 0. The molecule has 0 N–H and O–H groups in total. The predicted octanol–water partition coefficient (Wildman–Crippen LogP) is 0.783. The van der Waals surface area contributed by atoms with Gasteiger partial charge in [0.25, 0.3) is 5.91 Å². The summed E-state index contributed by atoms with van der Waals surface area (Å²) in [6, 6.07) is 5.45. The van der Waals surface area contributed by atoms with E-state index >= 15 is 0 Å². The van der Waals surface area contributed by atoms with Crippen molar-refractivity contribution in [1.29, 1.82) is 0 Å². The van der Waals surface area contributed by atoms with Crippen LogP contribution < -0.4 is 9.64 Å². The lowest BCUT2D eigenvalue weighted by atomic mass is 10.1. The van der Waals surface area contributed by atoms with Gasteiger partial charge in [-0.3, -0.25) is 4.79 Å². The van der Waals surface area contributed by atoms with Crippen LogP contribution in [-0.4, -0.2) is 25.8 Å². The van der Waals surface area contributed by atoms with E-state index in [2.05, 4.69) is 0 Å². The van der Waals surface area contributed by atoms with Crippen LogP contribution in [0.2, 0.25) is 0 Å². The molecule has 4 heteroatoms. The first-order chi connectivity index (χ1) is 7.24. The summed E-state index contributed by atoms with van der Waals surface area (Å²) >= 11 is 0. The Labute approximate surface area is 87.4 Å². The van der Waals surface area contributed by atoms with Crippen molar-refractivity contribution in [2.24, 2.45) is 0 Å². The fourth-order valence-electron chi connectivity index (χ4n) is 1.62. The maximum Gasteiger partial charge on any atom is 0.264 e. The first-order valence-electron chi connectivity index (χ1n) is 4.69. The van der Waals surface area contributed by atoms with E-state index in [1.165, 1.54) is 0 Å². The quantitative estimate of drug-likeness (QED) is 0.670. The van der Waals surface area contributed by atoms with Crippen molar-refractivity contribution in [3.05, 3.63) is 23.8 Å². The minimum atomic E-state index is -0.0780. The van der Waals surface area contributed by atoms with Crippen LogP contribution in [0.1, 0.15) is 5.56 Å². The molecule has 1 aliphatic rings. The van der Waals surface area contributed by atoms with Gasteiger partial charge in [0.15, 0.2) is 6.61 Å². The molecule has 15 heavy (non-hydrogen) atoms. The van der Waals surface area contributed by atoms with Crippen molar-refractivity contribution in [3.8, 4) is 5.75 Å². The van der Waals surface area contributed by atoms with Gasteiger partial charge in [-0.15, -0.1) is 0 Å².